The summed E-state index contributed by atoms with van der Waals surface area (Å²) in [6.07, 6.45) is 2.20. The van der Waals surface area contributed by atoms with Crippen molar-refractivity contribution in [2.75, 3.05) is 12.8 Å². The highest BCUT2D eigenvalue weighted by atomic mass is 32.2. The molecule has 0 bridgehead atoms. The standard InChI is InChI=1S/C14H16N2O5S/c1-4-7-15-13(17)9(2)21-14(18)11-8-10(22-3)5-6-12(11)16(19)20/h4-6,8-9H,1,7H2,2-3H3,(H,15,17)/t9-/m1/s1. The predicted molar refractivity (Wildman–Crippen MR) is 83.0 cm³/mol. The number of ether oxygens (including phenoxy) is 1. The SMILES string of the molecule is C=CCNC(=O)[C@@H](C)OC(=O)c1cc(SC)ccc1[N+](=O)[O-]. The molecule has 7 nitrogen and oxygen atoms in total. The average Bonchev–Trinajstić information content (AvgIpc) is 2.51. The molecule has 1 N–H and O–H groups in total. The number of nitrogens with one attached hydrogen (secondary N) is 1. The van der Waals surface area contributed by atoms with Crippen LogP contribution in [0.2, 0.25) is 0 Å². The fourth-order valence-corrected chi connectivity index (χ4v) is 2.00. The number of hydrogen-bond acceptors (Lipinski definition) is 6. The second kappa shape index (κ2) is 8.18. The van der Waals surface area contributed by atoms with Crippen LogP contribution < -0.4 is 5.32 Å². The molecule has 0 aromatic heterocycles. The molecule has 1 aromatic rings. The van der Waals surface area contributed by atoms with Gasteiger partial charge in [-0.2, -0.15) is 0 Å². The molecule has 8 heteroatoms. The lowest BCUT2D eigenvalue weighted by Crippen LogP contribution is -2.35. The quantitative estimate of drug-likeness (QED) is 0.271. The van der Waals surface area contributed by atoms with Crippen LogP contribution >= 0.6 is 11.8 Å². The number of nitrogens with zero attached hydrogens (tertiary/aromatic N) is 1. The maximum atomic E-state index is 12.1. The third kappa shape index (κ3) is 4.59. The summed E-state index contributed by atoms with van der Waals surface area (Å²) in [5.74, 6) is -1.42. The lowest BCUT2D eigenvalue weighted by atomic mass is 10.2. The van der Waals surface area contributed by atoms with Crippen molar-refractivity contribution in [1.29, 1.82) is 0 Å². The second-order valence-corrected chi connectivity index (χ2v) is 5.10. The molecule has 0 saturated carbocycles. The molecule has 0 spiro atoms. The van der Waals surface area contributed by atoms with E-state index in [2.05, 4.69) is 11.9 Å². The lowest BCUT2D eigenvalue weighted by Gasteiger charge is -2.13. The van der Waals surface area contributed by atoms with Crippen molar-refractivity contribution in [1.82, 2.24) is 5.32 Å². The second-order valence-electron chi connectivity index (χ2n) is 4.22. The van der Waals surface area contributed by atoms with Crippen LogP contribution in [0, 0.1) is 10.1 Å². The molecule has 22 heavy (non-hydrogen) atoms. The van der Waals surface area contributed by atoms with Crippen molar-refractivity contribution in [3.05, 3.63) is 46.5 Å². The summed E-state index contributed by atoms with van der Waals surface area (Å²) in [5, 5.41) is 13.5. The van der Waals surface area contributed by atoms with E-state index in [1.165, 1.54) is 36.9 Å². The zero-order chi connectivity index (χ0) is 16.7. The number of benzene rings is 1. The van der Waals surface area contributed by atoms with Gasteiger partial charge in [0, 0.05) is 17.5 Å². The third-order valence-corrected chi connectivity index (χ3v) is 3.42. The van der Waals surface area contributed by atoms with E-state index in [1.54, 1.807) is 12.3 Å². The first-order valence-electron chi connectivity index (χ1n) is 6.32. The number of esters is 1. The predicted octanol–water partition coefficient (Wildman–Crippen LogP) is 2.16. The van der Waals surface area contributed by atoms with E-state index >= 15 is 0 Å². The number of carbonyl (C=O) groups is 2. The van der Waals surface area contributed by atoms with Gasteiger partial charge in [0.05, 0.1) is 4.92 Å². The Hall–Kier alpha value is -2.35. The molecule has 118 valence electrons. The van der Waals surface area contributed by atoms with Gasteiger partial charge in [0.1, 0.15) is 5.56 Å². The minimum absolute atomic E-state index is 0.180. The maximum absolute atomic E-state index is 12.1. The number of hydrogen-bond donors (Lipinski definition) is 1. The van der Waals surface area contributed by atoms with Crippen LogP contribution in [0.3, 0.4) is 0 Å². The topological polar surface area (TPSA) is 98.5 Å². The largest absolute Gasteiger partial charge is 0.449 e. The summed E-state index contributed by atoms with van der Waals surface area (Å²) >= 11 is 1.34. The van der Waals surface area contributed by atoms with Gasteiger partial charge in [-0.05, 0) is 25.3 Å². The monoisotopic (exact) mass is 324 g/mol. The minimum Gasteiger partial charge on any atom is -0.449 e. The van der Waals surface area contributed by atoms with Crippen molar-refractivity contribution in [3.8, 4) is 0 Å². The highest BCUT2D eigenvalue weighted by Crippen LogP contribution is 2.25. The molecule has 0 aliphatic carbocycles. The highest BCUT2D eigenvalue weighted by Gasteiger charge is 2.25. The Bertz CT molecular complexity index is 603. The first-order chi connectivity index (χ1) is 10.4. The summed E-state index contributed by atoms with van der Waals surface area (Å²) in [6, 6.07) is 4.16. The molecule has 0 aliphatic rings. The molecule has 0 radical (unpaired) electrons. The van der Waals surface area contributed by atoms with Crippen LogP contribution in [0.15, 0.2) is 35.7 Å². The number of nitro benzene ring substituents is 1. The molecule has 1 amide bonds. The van der Waals surface area contributed by atoms with Gasteiger partial charge < -0.3 is 10.1 Å². The number of thioether (sulfide) groups is 1. The van der Waals surface area contributed by atoms with Crippen LogP contribution in [-0.2, 0) is 9.53 Å². The molecule has 1 atom stereocenters. The Labute approximate surface area is 131 Å². The highest BCUT2D eigenvalue weighted by molar-refractivity contribution is 7.98. The van der Waals surface area contributed by atoms with E-state index in [9.17, 15) is 19.7 Å². The van der Waals surface area contributed by atoms with Gasteiger partial charge in [0.15, 0.2) is 6.10 Å². The van der Waals surface area contributed by atoms with Crippen LogP contribution in [-0.4, -0.2) is 35.7 Å². The van der Waals surface area contributed by atoms with Gasteiger partial charge in [-0.15, -0.1) is 18.3 Å². The van der Waals surface area contributed by atoms with Gasteiger partial charge in [0.2, 0.25) is 0 Å². The van der Waals surface area contributed by atoms with Crippen molar-refractivity contribution in [2.24, 2.45) is 0 Å². The molecule has 0 heterocycles. The third-order valence-electron chi connectivity index (χ3n) is 2.69. The van der Waals surface area contributed by atoms with E-state index in [0.29, 0.717) is 4.90 Å². The Morgan fingerprint density at radius 1 is 1.55 bits per heavy atom. The van der Waals surface area contributed by atoms with Gasteiger partial charge >= 0.3 is 5.97 Å². The molecule has 0 fully saturated rings. The van der Waals surface area contributed by atoms with E-state index in [4.69, 9.17) is 4.74 Å². The average molecular weight is 324 g/mol. The van der Waals surface area contributed by atoms with Gasteiger partial charge in [-0.25, -0.2) is 4.79 Å². The number of nitro groups is 1. The Kier molecular flexibility index (Phi) is 6.58. The van der Waals surface area contributed by atoms with Crippen LogP contribution in [0.5, 0.6) is 0 Å². The number of carbonyl (C=O) groups excluding carboxylic acids is 2. The van der Waals surface area contributed by atoms with Crippen molar-refractivity contribution in [3.63, 3.8) is 0 Å². The fraction of sp³-hybridized carbons (Fsp3) is 0.286. The molecular weight excluding hydrogens is 308 g/mol. The normalized spacial score (nSPS) is 11.4. The van der Waals surface area contributed by atoms with Crippen LogP contribution in [0.4, 0.5) is 5.69 Å². The molecule has 1 aromatic carbocycles. The van der Waals surface area contributed by atoms with Gasteiger partial charge in [-0.1, -0.05) is 6.08 Å². The van der Waals surface area contributed by atoms with Crippen LogP contribution in [0.25, 0.3) is 0 Å². The van der Waals surface area contributed by atoms with Crippen molar-refractivity contribution >= 4 is 29.3 Å². The van der Waals surface area contributed by atoms with E-state index in [-0.39, 0.29) is 17.8 Å². The zero-order valence-corrected chi connectivity index (χ0v) is 13.0. The summed E-state index contributed by atoms with van der Waals surface area (Å²) in [5.41, 5.74) is -0.540. The zero-order valence-electron chi connectivity index (χ0n) is 12.2. The van der Waals surface area contributed by atoms with E-state index < -0.39 is 22.9 Å². The molecular formula is C14H16N2O5S. The summed E-state index contributed by atoms with van der Waals surface area (Å²) in [7, 11) is 0. The number of amides is 1. The summed E-state index contributed by atoms with van der Waals surface area (Å²) < 4.78 is 4.99. The first-order valence-corrected chi connectivity index (χ1v) is 7.55. The van der Waals surface area contributed by atoms with Crippen molar-refractivity contribution in [2.45, 2.75) is 17.9 Å². The van der Waals surface area contributed by atoms with Crippen LogP contribution in [0.1, 0.15) is 17.3 Å². The first kappa shape index (κ1) is 17.7. The Morgan fingerprint density at radius 3 is 2.77 bits per heavy atom. The fourth-order valence-electron chi connectivity index (χ4n) is 1.56. The van der Waals surface area contributed by atoms with Gasteiger partial charge in [-0.3, -0.25) is 14.9 Å². The molecule has 0 aliphatic heterocycles. The minimum atomic E-state index is -1.06. The Morgan fingerprint density at radius 2 is 2.23 bits per heavy atom. The number of rotatable bonds is 7. The van der Waals surface area contributed by atoms with E-state index in [1.807, 2.05) is 0 Å². The lowest BCUT2D eigenvalue weighted by molar-refractivity contribution is -0.385. The van der Waals surface area contributed by atoms with E-state index in [0.717, 1.165) is 0 Å². The smallest absolute Gasteiger partial charge is 0.345 e. The van der Waals surface area contributed by atoms with Gasteiger partial charge in [0.25, 0.3) is 11.6 Å². The molecule has 0 saturated heterocycles. The summed E-state index contributed by atoms with van der Waals surface area (Å²) in [4.78, 5) is 34.7. The maximum Gasteiger partial charge on any atom is 0.345 e. The summed E-state index contributed by atoms with van der Waals surface area (Å²) in [6.45, 7) is 5.08. The molecule has 0 unspecified atom stereocenters. The molecule has 1 rings (SSSR count). The van der Waals surface area contributed by atoms with Crippen molar-refractivity contribution < 1.29 is 19.2 Å². The Balaban J connectivity index is 2.94.